The second-order valence-electron chi connectivity index (χ2n) is 4.07. The molecule has 0 heterocycles. The van der Waals surface area contributed by atoms with Crippen molar-refractivity contribution >= 4 is 5.97 Å². The summed E-state index contributed by atoms with van der Waals surface area (Å²) < 4.78 is 43.6. The highest BCUT2D eigenvalue weighted by Gasteiger charge is 2.35. The van der Waals surface area contributed by atoms with Crippen molar-refractivity contribution in [3.8, 4) is 6.07 Å². The molecular formula is C14H14F3NO2. The summed E-state index contributed by atoms with van der Waals surface area (Å²) in [5, 5.41) is 9.09. The van der Waals surface area contributed by atoms with Crippen LogP contribution in [-0.4, -0.2) is 12.6 Å². The molecule has 0 aliphatic carbocycles. The van der Waals surface area contributed by atoms with E-state index in [1.165, 1.54) is 6.07 Å². The molecule has 0 atom stereocenters. The molecule has 0 aliphatic rings. The third-order valence-electron chi connectivity index (χ3n) is 2.82. The predicted molar refractivity (Wildman–Crippen MR) is 65.9 cm³/mol. The van der Waals surface area contributed by atoms with Crippen LogP contribution in [0, 0.1) is 11.3 Å². The molecule has 6 heteroatoms. The molecule has 108 valence electrons. The Labute approximate surface area is 115 Å². The molecule has 20 heavy (non-hydrogen) atoms. The Bertz CT molecular complexity index is 545. The van der Waals surface area contributed by atoms with Gasteiger partial charge in [-0.15, -0.1) is 0 Å². The number of carbonyl (C=O) groups is 1. The van der Waals surface area contributed by atoms with Crippen LogP contribution in [-0.2, 0) is 28.5 Å². The molecule has 0 N–H and O–H groups in total. The Hall–Kier alpha value is -2.03. The van der Waals surface area contributed by atoms with Gasteiger partial charge in [-0.25, -0.2) is 0 Å². The van der Waals surface area contributed by atoms with E-state index in [1.807, 2.05) is 0 Å². The molecular weight excluding hydrogens is 271 g/mol. The van der Waals surface area contributed by atoms with E-state index in [0.29, 0.717) is 12.0 Å². The van der Waals surface area contributed by atoms with Crippen molar-refractivity contribution in [2.75, 3.05) is 6.61 Å². The first kappa shape index (κ1) is 16.0. The fourth-order valence-corrected chi connectivity index (χ4v) is 1.94. The maximum Gasteiger partial charge on any atom is 0.416 e. The SMILES string of the molecule is CCOC(=O)Cc1c(C(F)(F)F)ccc(CC)c1C#N. The number of hydrogen-bond donors (Lipinski definition) is 0. The lowest BCUT2D eigenvalue weighted by atomic mass is 9.93. The van der Waals surface area contributed by atoms with Crippen molar-refractivity contribution in [1.82, 2.24) is 0 Å². The number of aryl methyl sites for hydroxylation is 1. The molecule has 0 amide bonds. The van der Waals surface area contributed by atoms with Crippen LogP contribution in [0.1, 0.15) is 36.1 Å². The van der Waals surface area contributed by atoms with Crippen LogP contribution >= 0.6 is 0 Å². The van der Waals surface area contributed by atoms with Crippen molar-refractivity contribution in [1.29, 1.82) is 5.26 Å². The first-order valence-electron chi connectivity index (χ1n) is 6.12. The second kappa shape index (κ2) is 6.42. The summed E-state index contributed by atoms with van der Waals surface area (Å²) in [5.74, 6) is -0.775. The Morgan fingerprint density at radius 3 is 2.45 bits per heavy atom. The van der Waals surface area contributed by atoms with Crippen LogP contribution in [0.15, 0.2) is 12.1 Å². The maximum atomic E-state index is 13.0. The summed E-state index contributed by atoms with van der Waals surface area (Å²) in [6.45, 7) is 3.38. The molecule has 0 aliphatic heterocycles. The van der Waals surface area contributed by atoms with Gasteiger partial charge in [0, 0.05) is 0 Å². The summed E-state index contributed by atoms with van der Waals surface area (Å²) in [6.07, 6.45) is -4.75. The van der Waals surface area contributed by atoms with Gasteiger partial charge in [-0.2, -0.15) is 18.4 Å². The van der Waals surface area contributed by atoms with Gasteiger partial charge in [-0.05, 0) is 30.5 Å². The van der Waals surface area contributed by atoms with Crippen molar-refractivity contribution in [3.63, 3.8) is 0 Å². The zero-order chi connectivity index (χ0) is 15.3. The number of nitrogens with zero attached hydrogens (tertiary/aromatic N) is 1. The molecule has 3 nitrogen and oxygen atoms in total. The Balaban J connectivity index is 3.41. The van der Waals surface area contributed by atoms with Gasteiger partial charge in [0.05, 0.1) is 30.2 Å². The normalized spacial score (nSPS) is 11.0. The third-order valence-corrected chi connectivity index (χ3v) is 2.82. The van der Waals surface area contributed by atoms with E-state index in [9.17, 15) is 18.0 Å². The van der Waals surface area contributed by atoms with Gasteiger partial charge in [0.2, 0.25) is 0 Å². The zero-order valence-electron chi connectivity index (χ0n) is 11.2. The van der Waals surface area contributed by atoms with Crippen LogP contribution in [0.25, 0.3) is 0 Å². The largest absolute Gasteiger partial charge is 0.466 e. The molecule has 0 spiro atoms. The number of ether oxygens (including phenoxy) is 1. The second-order valence-corrected chi connectivity index (χ2v) is 4.07. The molecule has 0 fully saturated rings. The van der Waals surface area contributed by atoms with E-state index in [0.717, 1.165) is 6.07 Å². The molecule has 0 unspecified atom stereocenters. The molecule has 0 saturated heterocycles. The molecule has 0 bridgehead atoms. The van der Waals surface area contributed by atoms with Crippen molar-refractivity contribution < 1.29 is 22.7 Å². The van der Waals surface area contributed by atoms with Gasteiger partial charge in [-0.1, -0.05) is 13.0 Å². The molecule has 0 radical (unpaired) electrons. The van der Waals surface area contributed by atoms with Crippen LogP contribution in [0.3, 0.4) is 0 Å². The number of alkyl halides is 3. The van der Waals surface area contributed by atoms with Gasteiger partial charge < -0.3 is 4.74 Å². The van der Waals surface area contributed by atoms with Crippen LogP contribution in [0.5, 0.6) is 0 Å². The fourth-order valence-electron chi connectivity index (χ4n) is 1.94. The first-order valence-corrected chi connectivity index (χ1v) is 6.12. The lowest BCUT2D eigenvalue weighted by molar-refractivity contribution is -0.143. The Morgan fingerprint density at radius 2 is 2.00 bits per heavy atom. The molecule has 1 rings (SSSR count). The van der Waals surface area contributed by atoms with Crippen LogP contribution in [0.4, 0.5) is 13.2 Å². The monoisotopic (exact) mass is 285 g/mol. The minimum absolute atomic E-state index is 0.0789. The number of benzene rings is 1. The number of halogens is 3. The topological polar surface area (TPSA) is 50.1 Å². The quantitative estimate of drug-likeness (QED) is 0.798. The minimum atomic E-state index is -4.61. The maximum absolute atomic E-state index is 13.0. The summed E-state index contributed by atoms with van der Waals surface area (Å²) >= 11 is 0. The highest BCUT2D eigenvalue weighted by molar-refractivity contribution is 5.74. The van der Waals surface area contributed by atoms with Crippen molar-refractivity contribution in [3.05, 3.63) is 34.4 Å². The number of esters is 1. The first-order chi connectivity index (χ1) is 9.35. The van der Waals surface area contributed by atoms with Gasteiger partial charge >= 0.3 is 12.1 Å². The number of nitriles is 1. The molecule has 0 aromatic heterocycles. The van der Waals surface area contributed by atoms with Gasteiger partial charge in [0.1, 0.15) is 0 Å². The lowest BCUT2D eigenvalue weighted by Crippen LogP contribution is -2.16. The van der Waals surface area contributed by atoms with E-state index in [2.05, 4.69) is 4.74 Å². The lowest BCUT2D eigenvalue weighted by Gasteiger charge is -2.16. The molecule has 1 aromatic carbocycles. The Kier molecular flexibility index (Phi) is 5.14. The fraction of sp³-hybridized carbons (Fsp3) is 0.429. The molecule has 0 saturated carbocycles. The summed E-state index contributed by atoms with van der Waals surface area (Å²) in [7, 11) is 0. The van der Waals surface area contributed by atoms with Crippen LogP contribution in [0.2, 0.25) is 0 Å². The van der Waals surface area contributed by atoms with Gasteiger partial charge in [0.25, 0.3) is 0 Å². The van der Waals surface area contributed by atoms with Gasteiger partial charge in [0.15, 0.2) is 0 Å². The van der Waals surface area contributed by atoms with Crippen LogP contribution < -0.4 is 0 Å². The smallest absolute Gasteiger partial charge is 0.416 e. The van der Waals surface area contributed by atoms with E-state index in [4.69, 9.17) is 5.26 Å². The molecule has 1 aromatic rings. The zero-order valence-corrected chi connectivity index (χ0v) is 11.2. The number of rotatable bonds is 4. The van der Waals surface area contributed by atoms with Crippen molar-refractivity contribution in [2.45, 2.75) is 32.9 Å². The number of hydrogen-bond acceptors (Lipinski definition) is 3. The highest BCUT2D eigenvalue weighted by atomic mass is 19.4. The minimum Gasteiger partial charge on any atom is -0.466 e. The van der Waals surface area contributed by atoms with Crippen molar-refractivity contribution in [2.24, 2.45) is 0 Å². The van der Waals surface area contributed by atoms with Gasteiger partial charge in [-0.3, -0.25) is 4.79 Å². The van der Waals surface area contributed by atoms with E-state index >= 15 is 0 Å². The average molecular weight is 285 g/mol. The summed E-state index contributed by atoms with van der Waals surface area (Å²) in [4.78, 5) is 11.5. The summed E-state index contributed by atoms with van der Waals surface area (Å²) in [6, 6.07) is 3.95. The van der Waals surface area contributed by atoms with E-state index < -0.39 is 24.1 Å². The number of carbonyl (C=O) groups excluding carboxylic acids is 1. The summed E-state index contributed by atoms with van der Waals surface area (Å²) in [5.41, 5.74) is -0.868. The highest BCUT2D eigenvalue weighted by Crippen LogP contribution is 2.35. The van der Waals surface area contributed by atoms with E-state index in [-0.39, 0.29) is 17.7 Å². The average Bonchev–Trinajstić information content (AvgIpc) is 2.36. The predicted octanol–water partition coefficient (Wildman–Crippen LogP) is 3.25. The Morgan fingerprint density at radius 1 is 1.35 bits per heavy atom. The third kappa shape index (κ3) is 3.50. The van der Waals surface area contributed by atoms with E-state index in [1.54, 1.807) is 19.9 Å². The standard InChI is InChI=1S/C14H14F3NO2/c1-3-9-5-6-12(14(15,16)17)10(11(9)8-18)7-13(19)20-4-2/h5-6H,3-4,7H2,1-2H3.